The zero-order valence-corrected chi connectivity index (χ0v) is 26.6. The average molecular weight is 590 g/mol. The van der Waals surface area contributed by atoms with Gasteiger partial charge in [0.1, 0.15) is 11.8 Å². The van der Waals surface area contributed by atoms with Crippen LogP contribution in [-0.4, -0.2) is 52.3 Å². The number of carbonyl (C=O) groups excluding carboxylic acids is 4. The number of aryl methyl sites for hydroxylation is 1. The number of unbranched alkanes of at least 4 members (excludes halogenated alkanes) is 3. The zero-order chi connectivity index (χ0) is 31.5. The lowest BCUT2D eigenvalue weighted by molar-refractivity contribution is -0.136. The molecule has 2 aromatic carbocycles. The van der Waals surface area contributed by atoms with Crippen LogP contribution in [0.5, 0.6) is 5.75 Å². The molecule has 0 saturated heterocycles. The number of likely N-dealkylation sites (N-methyl/N-ethyl adjacent to an activating group) is 1. The first-order chi connectivity index (χ1) is 20.6. The van der Waals surface area contributed by atoms with Crippen molar-refractivity contribution in [3.05, 3.63) is 64.8 Å². The molecule has 3 rings (SSSR count). The summed E-state index contributed by atoms with van der Waals surface area (Å²) in [6.07, 6.45) is 6.52. The van der Waals surface area contributed by atoms with E-state index in [9.17, 15) is 19.2 Å². The number of nitrogens with zero attached hydrogens (tertiary/aromatic N) is 2. The van der Waals surface area contributed by atoms with Gasteiger partial charge >= 0.3 is 5.97 Å². The molecular weight excluding hydrogens is 542 g/mol. The Morgan fingerprint density at radius 3 is 2.19 bits per heavy atom. The first-order valence-electron chi connectivity index (χ1n) is 15.7. The van der Waals surface area contributed by atoms with Crippen LogP contribution in [0.4, 0.5) is 0 Å². The quantitative estimate of drug-likeness (QED) is 0.126. The molecule has 1 heterocycles. The van der Waals surface area contributed by atoms with Crippen LogP contribution >= 0.6 is 0 Å². The number of hydrogen-bond acceptors (Lipinski definition) is 5. The maximum Gasteiger partial charge on any atom is 0.308 e. The van der Waals surface area contributed by atoms with Crippen LogP contribution in [0.25, 0.3) is 10.9 Å². The molecule has 8 heteroatoms. The highest BCUT2D eigenvalue weighted by molar-refractivity contribution is 6.05. The normalized spacial score (nSPS) is 11.8. The third-order valence-corrected chi connectivity index (χ3v) is 7.93. The van der Waals surface area contributed by atoms with Crippen LogP contribution in [0.2, 0.25) is 0 Å². The minimum absolute atomic E-state index is 0.0299. The number of rotatable bonds is 15. The summed E-state index contributed by atoms with van der Waals surface area (Å²) in [4.78, 5) is 54.1. The SMILES string of the molecule is CCCCCC(NC(=O)Cc1c(C)n(C(=O)c2ccc(CCCC)cc2)c2ccc(OC(C)=O)cc12)C(=O)N(CC)CC. The minimum atomic E-state index is -0.614. The van der Waals surface area contributed by atoms with Gasteiger partial charge in [-0.2, -0.15) is 0 Å². The molecule has 232 valence electrons. The van der Waals surface area contributed by atoms with Gasteiger partial charge in [0.15, 0.2) is 0 Å². The lowest BCUT2D eigenvalue weighted by Gasteiger charge is -2.26. The maximum atomic E-state index is 13.9. The second-order valence-corrected chi connectivity index (χ2v) is 11.1. The molecule has 0 saturated carbocycles. The minimum Gasteiger partial charge on any atom is -0.427 e. The Bertz CT molecular complexity index is 1420. The maximum absolute atomic E-state index is 13.9. The Labute approximate surface area is 255 Å². The highest BCUT2D eigenvalue weighted by atomic mass is 16.5. The fourth-order valence-corrected chi connectivity index (χ4v) is 5.52. The third kappa shape index (κ3) is 8.55. The number of nitrogens with one attached hydrogen (secondary N) is 1. The second-order valence-electron chi connectivity index (χ2n) is 11.1. The first-order valence-corrected chi connectivity index (χ1v) is 15.7. The van der Waals surface area contributed by atoms with Crippen molar-refractivity contribution in [3.8, 4) is 5.75 Å². The van der Waals surface area contributed by atoms with E-state index in [1.165, 1.54) is 12.5 Å². The van der Waals surface area contributed by atoms with Crippen LogP contribution in [0, 0.1) is 6.92 Å². The van der Waals surface area contributed by atoms with Crippen LogP contribution in [-0.2, 0) is 27.2 Å². The highest BCUT2D eigenvalue weighted by Crippen LogP contribution is 2.31. The molecule has 0 spiro atoms. The van der Waals surface area contributed by atoms with Gasteiger partial charge < -0.3 is 15.0 Å². The molecule has 0 fully saturated rings. The smallest absolute Gasteiger partial charge is 0.308 e. The van der Waals surface area contributed by atoms with E-state index in [0.717, 1.165) is 38.5 Å². The van der Waals surface area contributed by atoms with Crippen molar-refractivity contribution >= 4 is 34.6 Å². The first kappa shape index (κ1) is 33.6. The lowest BCUT2D eigenvalue weighted by Crippen LogP contribution is -2.49. The van der Waals surface area contributed by atoms with Gasteiger partial charge in [0.25, 0.3) is 5.91 Å². The zero-order valence-electron chi connectivity index (χ0n) is 26.6. The molecule has 43 heavy (non-hydrogen) atoms. The number of hydrogen-bond donors (Lipinski definition) is 1. The third-order valence-electron chi connectivity index (χ3n) is 7.93. The predicted molar refractivity (Wildman–Crippen MR) is 170 cm³/mol. The van der Waals surface area contributed by atoms with Crippen molar-refractivity contribution in [2.45, 2.75) is 99.0 Å². The number of ether oxygens (including phenoxy) is 1. The van der Waals surface area contributed by atoms with Crippen molar-refractivity contribution in [3.63, 3.8) is 0 Å². The fraction of sp³-hybridized carbons (Fsp3) is 0.486. The van der Waals surface area contributed by atoms with E-state index in [1.54, 1.807) is 27.7 Å². The van der Waals surface area contributed by atoms with Gasteiger partial charge in [-0.05, 0) is 81.5 Å². The summed E-state index contributed by atoms with van der Waals surface area (Å²) in [5.41, 5.74) is 3.62. The standard InChI is InChI=1S/C35H47N3O5/c1-7-11-13-15-31(35(42)37(9-3)10-4)36-33(40)23-29-24(5)38(32-21-20-28(22-30(29)32)43-25(6)39)34(41)27-18-16-26(17-19-27)14-12-8-2/h16-22,31H,7-15,23H2,1-6H3,(H,36,40). The molecule has 0 aliphatic rings. The number of benzene rings is 2. The average Bonchev–Trinajstić information content (AvgIpc) is 3.25. The topological polar surface area (TPSA) is 97.7 Å². The van der Waals surface area contributed by atoms with Gasteiger partial charge in [0.2, 0.25) is 11.8 Å². The molecule has 1 N–H and O–H groups in total. The Kier molecular flexibility index (Phi) is 12.5. The number of amides is 2. The molecular formula is C35H47N3O5. The van der Waals surface area contributed by atoms with Gasteiger partial charge in [0, 0.05) is 36.7 Å². The van der Waals surface area contributed by atoms with Gasteiger partial charge in [-0.1, -0.05) is 51.7 Å². The van der Waals surface area contributed by atoms with Crippen LogP contribution in [0.3, 0.4) is 0 Å². The summed E-state index contributed by atoms with van der Waals surface area (Å²) in [5, 5.41) is 3.65. The molecule has 1 unspecified atom stereocenters. The molecule has 1 aromatic heterocycles. The molecule has 1 atom stereocenters. The fourth-order valence-electron chi connectivity index (χ4n) is 5.52. The van der Waals surface area contributed by atoms with Gasteiger partial charge in [0.05, 0.1) is 11.9 Å². The molecule has 3 aromatic rings. The molecule has 2 amide bonds. The van der Waals surface area contributed by atoms with E-state index < -0.39 is 12.0 Å². The number of aromatic nitrogens is 1. The monoisotopic (exact) mass is 589 g/mol. The Morgan fingerprint density at radius 1 is 0.907 bits per heavy atom. The summed E-state index contributed by atoms with van der Waals surface area (Å²) in [6, 6.07) is 12.1. The Hall–Kier alpha value is -3.94. The molecule has 8 nitrogen and oxygen atoms in total. The van der Waals surface area contributed by atoms with Crippen LogP contribution in [0.15, 0.2) is 42.5 Å². The lowest BCUT2D eigenvalue weighted by atomic mass is 10.0. The molecule has 0 aliphatic carbocycles. The van der Waals surface area contributed by atoms with Crippen LogP contribution < -0.4 is 10.1 Å². The molecule has 0 aliphatic heterocycles. The van der Waals surface area contributed by atoms with Crippen molar-refractivity contribution < 1.29 is 23.9 Å². The summed E-state index contributed by atoms with van der Waals surface area (Å²) < 4.78 is 6.96. The van der Waals surface area contributed by atoms with Crippen LogP contribution in [0.1, 0.15) is 100 Å². The number of carbonyl (C=O) groups is 4. The van der Waals surface area contributed by atoms with E-state index in [-0.39, 0.29) is 24.1 Å². The predicted octanol–water partition coefficient (Wildman–Crippen LogP) is 6.38. The van der Waals surface area contributed by atoms with E-state index in [4.69, 9.17) is 4.74 Å². The Balaban J connectivity index is 1.99. The van der Waals surface area contributed by atoms with Crippen molar-refractivity contribution in [2.24, 2.45) is 0 Å². The largest absolute Gasteiger partial charge is 0.427 e. The summed E-state index contributed by atoms with van der Waals surface area (Å²) in [6.45, 7) is 12.4. The Morgan fingerprint density at radius 2 is 1.58 bits per heavy atom. The van der Waals surface area contributed by atoms with Crippen molar-refractivity contribution in [1.29, 1.82) is 0 Å². The van der Waals surface area contributed by atoms with Gasteiger partial charge in [-0.3, -0.25) is 23.7 Å². The summed E-state index contributed by atoms with van der Waals surface area (Å²) >= 11 is 0. The summed E-state index contributed by atoms with van der Waals surface area (Å²) in [7, 11) is 0. The summed E-state index contributed by atoms with van der Waals surface area (Å²) in [5.74, 6) is -0.705. The van der Waals surface area contributed by atoms with Gasteiger partial charge in [-0.25, -0.2) is 0 Å². The van der Waals surface area contributed by atoms with Crippen molar-refractivity contribution in [2.75, 3.05) is 13.1 Å². The van der Waals surface area contributed by atoms with Gasteiger partial charge in [-0.15, -0.1) is 0 Å². The van der Waals surface area contributed by atoms with E-state index in [1.807, 2.05) is 45.0 Å². The molecule has 0 radical (unpaired) electrons. The number of esters is 1. The number of fused-ring (bicyclic) bond motifs is 1. The highest BCUT2D eigenvalue weighted by Gasteiger charge is 2.27. The van der Waals surface area contributed by atoms with E-state index in [2.05, 4.69) is 19.2 Å². The van der Waals surface area contributed by atoms with E-state index >= 15 is 0 Å². The van der Waals surface area contributed by atoms with E-state index in [0.29, 0.717) is 53.0 Å². The van der Waals surface area contributed by atoms with Crippen molar-refractivity contribution in [1.82, 2.24) is 14.8 Å². The molecule has 0 bridgehead atoms. The second kappa shape index (κ2) is 16.1.